The van der Waals surface area contributed by atoms with Gasteiger partial charge < -0.3 is 10.6 Å². The second-order valence-corrected chi connectivity index (χ2v) is 4.76. The van der Waals surface area contributed by atoms with Crippen molar-refractivity contribution in [2.24, 2.45) is 10.9 Å². The molecule has 0 amide bonds. The maximum absolute atomic E-state index is 4.59. The third kappa shape index (κ3) is 5.92. The van der Waals surface area contributed by atoms with Crippen LogP contribution in [0.4, 0.5) is 0 Å². The van der Waals surface area contributed by atoms with Gasteiger partial charge in [0, 0.05) is 19.1 Å². The Bertz CT molecular complexity index is 222. The summed E-state index contributed by atoms with van der Waals surface area (Å²) in [7, 11) is 0. The van der Waals surface area contributed by atoms with Crippen LogP contribution in [0.2, 0.25) is 0 Å². The summed E-state index contributed by atoms with van der Waals surface area (Å²) in [6.45, 7) is 4.06. The van der Waals surface area contributed by atoms with Gasteiger partial charge in [-0.2, -0.15) is 0 Å². The van der Waals surface area contributed by atoms with Crippen molar-refractivity contribution in [1.82, 2.24) is 10.6 Å². The summed E-state index contributed by atoms with van der Waals surface area (Å²) in [6, 6.07) is 0.700. The summed E-state index contributed by atoms with van der Waals surface area (Å²) < 4.78 is 0. The second kappa shape index (κ2) is 7.35. The zero-order valence-electron chi connectivity index (χ0n) is 10.2. The highest BCUT2D eigenvalue weighted by Gasteiger charge is 2.22. The van der Waals surface area contributed by atoms with E-state index in [2.05, 4.69) is 22.5 Å². The number of nitrogens with one attached hydrogen (secondary N) is 2. The number of aliphatic imine (C=N–C) groups is 1. The summed E-state index contributed by atoms with van der Waals surface area (Å²) in [5.41, 5.74) is 0. The van der Waals surface area contributed by atoms with Gasteiger partial charge in [0.2, 0.25) is 0 Å². The first-order valence-corrected chi connectivity index (χ1v) is 6.43. The van der Waals surface area contributed by atoms with Crippen molar-refractivity contribution in [3.63, 3.8) is 0 Å². The van der Waals surface area contributed by atoms with Crippen LogP contribution in [0.3, 0.4) is 0 Å². The third-order valence-electron chi connectivity index (χ3n) is 3.00. The molecule has 0 radical (unpaired) electrons. The van der Waals surface area contributed by atoms with Crippen molar-refractivity contribution < 1.29 is 0 Å². The standard InChI is InChI=1S/C12H23N3.HI/c1-2-13-12(15-11-7-8-11)14-9-3-4-10-5-6-10;/h10-11H,2-9H2,1H3,(H2,13,14,15);1H. The Morgan fingerprint density at radius 2 is 2.00 bits per heavy atom. The summed E-state index contributed by atoms with van der Waals surface area (Å²) >= 11 is 0. The number of nitrogens with zero attached hydrogens (tertiary/aromatic N) is 1. The Morgan fingerprint density at radius 3 is 2.56 bits per heavy atom. The van der Waals surface area contributed by atoms with Crippen LogP contribution in [-0.4, -0.2) is 25.1 Å². The Hall–Kier alpha value is 0. The zero-order valence-corrected chi connectivity index (χ0v) is 12.5. The molecule has 3 nitrogen and oxygen atoms in total. The van der Waals surface area contributed by atoms with Gasteiger partial charge in [0.1, 0.15) is 0 Å². The topological polar surface area (TPSA) is 36.4 Å². The molecule has 4 heteroatoms. The molecular formula is C12H24IN3. The van der Waals surface area contributed by atoms with Crippen molar-refractivity contribution in [3.8, 4) is 0 Å². The van der Waals surface area contributed by atoms with Crippen molar-refractivity contribution >= 4 is 29.9 Å². The third-order valence-corrected chi connectivity index (χ3v) is 3.00. The van der Waals surface area contributed by atoms with E-state index in [9.17, 15) is 0 Å². The zero-order chi connectivity index (χ0) is 10.5. The van der Waals surface area contributed by atoms with Crippen LogP contribution in [-0.2, 0) is 0 Å². The Balaban J connectivity index is 0.00000128. The summed E-state index contributed by atoms with van der Waals surface area (Å²) in [5.74, 6) is 2.06. The average Bonchev–Trinajstić information content (AvgIpc) is 3.07. The molecule has 2 rings (SSSR count). The smallest absolute Gasteiger partial charge is 0.191 e. The number of guanidine groups is 1. The van der Waals surface area contributed by atoms with Crippen molar-refractivity contribution in [1.29, 1.82) is 0 Å². The van der Waals surface area contributed by atoms with Gasteiger partial charge in [-0.1, -0.05) is 12.8 Å². The van der Waals surface area contributed by atoms with Crippen LogP contribution < -0.4 is 10.6 Å². The molecule has 0 bridgehead atoms. The van der Waals surface area contributed by atoms with Gasteiger partial charge in [0.05, 0.1) is 0 Å². The molecule has 0 aromatic carbocycles. The minimum atomic E-state index is 0. The second-order valence-electron chi connectivity index (χ2n) is 4.76. The minimum absolute atomic E-state index is 0. The maximum Gasteiger partial charge on any atom is 0.191 e. The van der Waals surface area contributed by atoms with Crippen LogP contribution in [0.25, 0.3) is 0 Å². The lowest BCUT2D eigenvalue weighted by Gasteiger charge is -2.09. The van der Waals surface area contributed by atoms with E-state index in [-0.39, 0.29) is 24.0 Å². The molecule has 2 saturated carbocycles. The first kappa shape index (κ1) is 14.1. The molecule has 0 unspecified atom stereocenters. The molecular weight excluding hydrogens is 313 g/mol. The van der Waals surface area contributed by atoms with E-state index in [1.54, 1.807) is 0 Å². The number of halogens is 1. The van der Waals surface area contributed by atoms with Gasteiger partial charge in [-0.15, -0.1) is 24.0 Å². The molecule has 0 atom stereocenters. The Kier molecular flexibility index (Phi) is 6.46. The van der Waals surface area contributed by atoms with Gasteiger partial charge >= 0.3 is 0 Å². The van der Waals surface area contributed by atoms with Crippen LogP contribution in [0, 0.1) is 5.92 Å². The van der Waals surface area contributed by atoms with Crippen LogP contribution >= 0.6 is 24.0 Å². The van der Waals surface area contributed by atoms with E-state index in [1.165, 1.54) is 38.5 Å². The number of hydrogen-bond donors (Lipinski definition) is 2. The largest absolute Gasteiger partial charge is 0.357 e. The van der Waals surface area contributed by atoms with Crippen molar-refractivity contribution in [3.05, 3.63) is 0 Å². The van der Waals surface area contributed by atoms with E-state index >= 15 is 0 Å². The maximum atomic E-state index is 4.59. The predicted octanol–water partition coefficient (Wildman–Crippen LogP) is 2.51. The molecule has 0 aromatic heterocycles. The van der Waals surface area contributed by atoms with E-state index in [0.29, 0.717) is 6.04 Å². The molecule has 2 N–H and O–H groups in total. The Labute approximate surface area is 116 Å². The average molecular weight is 337 g/mol. The van der Waals surface area contributed by atoms with E-state index < -0.39 is 0 Å². The van der Waals surface area contributed by atoms with Gasteiger partial charge in [0.15, 0.2) is 5.96 Å². The fourth-order valence-corrected chi connectivity index (χ4v) is 1.72. The molecule has 94 valence electrons. The first-order chi connectivity index (χ1) is 7.38. The fourth-order valence-electron chi connectivity index (χ4n) is 1.72. The van der Waals surface area contributed by atoms with Crippen molar-refractivity contribution in [2.45, 2.75) is 51.5 Å². The molecule has 2 fully saturated rings. The van der Waals surface area contributed by atoms with Gasteiger partial charge in [-0.3, -0.25) is 4.99 Å². The molecule has 0 spiro atoms. The highest BCUT2D eigenvalue weighted by molar-refractivity contribution is 14.0. The quantitative estimate of drug-likeness (QED) is 0.338. The van der Waals surface area contributed by atoms with E-state index in [1.807, 2.05) is 0 Å². The molecule has 0 saturated heterocycles. The lowest BCUT2D eigenvalue weighted by molar-refractivity contribution is 0.670. The van der Waals surface area contributed by atoms with Crippen LogP contribution in [0.15, 0.2) is 4.99 Å². The van der Waals surface area contributed by atoms with E-state index in [0.717, 1.165) is 25.0 Å². The van der Waals surface area contributed by atoms with Gasteiger partial charge in [0.25, 0.3) is 0 Å². The van der Waals surface area contributed by atoms with Gasteiger partial charge in [-0.25, -0.2) is 0 Å². The van der Waals surface area contributed by atoms with Gasteiger partial charge in [-0.05, 0) is 38.5 Å². The first-order valence-electron chi connectivity index (χ1n) is 6.43. The summed E-state index contributed by atoms with van der Waals surface area (Å²) in [6.07, 6.45) is 8.19. The normalized spacial score (nSPS) is 20.2. The van der Waals surface area contributed by atoms with E-state index in [4.69, 9.17) is 0 Å². The number of hydrogen-bond acceptors (Lipinski definition) is 1. The SMILES string of the molecule is CCNC(=NCCCC1CC1)NC1CC1.I. The fraction of sp³-hybridized carbons (Fsp3) is 0.917. The highest BCUT2D eigenvalue weighted by Crippen LogP contribution is 2.33. The van der Waals surface area contributed by atoms with Crippen LogP contribution in [0.5, 0.6) is 0 Å². The monoisotopic (exact) mass is 337 g/mol. The molecule has 0 aliphatic heterocycles. The lowest BCUT2D eigenvalue weighted by Crippen LogP contribution is -2.38. The molecule has 2 aliphatic carbocycles. The Morgan fingerprint density at radius 1 is 1.25 bits per heavy atom. The lowest BCUT2D eigenvalue weighted by atomic mass is 10.2. The summed E-state index contributed by atoms with van der Waals surface area (Å²) in [5, 5.41) is 6.73. The summed E-state index contributed by atoms with van der Waals surface area (Å²) in [4.78, 5) is 4.59. The molecule has 0 heterocycles. The molecule has 0 aromatic rings. The highest BCUT2D eigenvalue weighted by atomic mass is 127. The van der Waals surface area contributed by atoms with Crippen LogP contribution in [0.1, 0.15) is 45.4 Å². The minimum Gasteiger partial charge on any atom is -0.357 e. The molecule has 16 heavy (non-hydrogen) atoms. The van der Waals surface area contributed by atoms with Crippen molar-refractivity contribution in [2.75, 3.05) is 13.1 Å². The predicted molar refractivity (Wildman–Crippen MR) is 79.5 cm³/mol. The molecule has 2 aliphatic rings. The number of rotatable bonds is 6.